The SMILES string of the molecule is FC(F)Oc1ncc(N2CCC3(CC2)CC3)nc1Cl. The molecule has 1 saturated carbocycles. The van der Waals surface area contributed by atoms with Gasteiger partial charge in [0.25, 0.3) is 5.88 Å². The van der Waals surface area contributed by atoms with Gasteiger partial charge >= 0.3 is 6.61 Å². The minimum absolute atomic E-state index is 0.121. The highest BCUT2D eigenvalue weighted by molar-refractivity contribution is 6.30. The molecule has 0 radical (unpaired) electrons. The van der Waals surface area contributed by atoms with Crippen LogP contribution in [0.3, 0.4) is 0 Å². The van der Waals surface area contributed by atoms with E-state index in [2.05, 4.69) is 19.6 Å². The van der Waals surface area contributed by atoms with Gasteiger partial charge < -0.3 is 9.64 Å². The summed E-state index contributed by atoms with van der Waals surface area (Å²) in [6.07, 6.45) is 6.40. The molecule has 2 heterocycles. The molecular formula is C12H14ClF2N3O. The number of piperidine rings is 1. The molecule has 2 fully saturated rings. The zero-order valence-corrected chi connectivity index (χ0v) is 11.0. The smallest absolute Gasteiger partial charge is 0.388 e. The number of hydrogen-bond donors (Lipinski definition) is 0. The van der Waals surface area contributed by atoms with E-state index in [0.717, 1.165) is 25.9 Å². The second-order valence-electron chi connectivity index (χ2n) is 5.19. The van der Waals surface area contributed by atoms with Gasteiger partial charge in [0, 0.05) is 13.1 Å². The standard InChI is InChI=1S/C12H14ClF2N3O/c13-9-10(19-11(14)15)16-7-8(17-9)18-5-3-12(1-2-12)4-6-18/h7,11H,1-6H2. The molecule has 0 amide bonds. The van der Waals surface area contributed by atoms with Gasteiger partial charge in [0.05, 0.1) is 6.20 Å². The molecule has 1 saturated heterocycles. The molecule has 3 rings (SSSR count). The van der Waals surface area contributed by atoms with Crippen molar-refractivity contribution in [1.82, 2.24) is 9.97 Å². The predicted octanol–water partition coefficient (Wildman–Crippen LogP) is 3.11. The van der Waals surface area contributed by atoms with E-state index in [1.807, 2.05) is 0 Å². The number of rotatable bonds is 3. The van der Waals surface area contributed by atoms with Crippen molar-refractivity contribution >= 4 is 17.4 Å². The first-order valence-electron chi connectivity index (χ1n) is 6.30. The summed E-state index contributed by atoms with van der Waals surface area (Å²) in [6, 6.07) is 0. The largest absolute Gasteiger partial charge is 0.414 e. The summed E-state index contributed by atoms with van der Waals surface area (Å²) in [5.41, 5.74) is 0.576. The van der Waals surface area contributed by atoms with Gasteiger partial charge in [-0.15, -0.1) is 0 Å². The number of aromatic nitrogens is 2. The van der Waals surface area contributed by atoms with Crippen molar-refractivity contribution in [2.45, 2.75) is 32.3 Å². The molecular weight excluding hydrogens is 276 g/mol. The Morgan fingerprint density at radius 2 is 1.95 bits per heavy atom. The van der Waals surface area contributed by atoms with Gasteiger partial charge in [0.1, 0.15) is 5.82 Å². The van der Waals surface area contributed by atoms with Gasteiger partial charge in [-0.2, -0.15) is 8.78 Å². The predicted molar refractivity (Wildman–Crippen MR) is 66.8 cm³/mol. The van der Waals surface area contributed by atoms with Crippen molar-refractivity contribution in [3.63, 3.8) is 0 Å². The maximum Gasteiger partial charge on any atom is 0.388 e. The van der Waals surface area contributed by atoms with Crippen LogP contribution in [0.1, 0.15) is 25.7 Å². The number of hydrogen-bond acceptors (Lipinski definition) is 4. The highest BCUT2D eigenvalue weighted by Gasteiger charge is 2.44. The summed E-state index contributed by atoms with van der Waals surface area (Å²) < 4.78 is 28.4. The Bertz CT molecular complexity index is 472. The Morgan fingerprint density at radius 3 is 2.47 bits per heavy atom. The van der Waals surface area contributed by atoms with E-state index in [1.54, 1.807) is 0 Å². The molecule has 1 aromatic heterocycles. The van der Waals surface area contributed by atoms with Crippen LogP contribution in [0.25, 0.3) is 0 Å². The topological polar surface area (TPSA) is 38.2 Å². The van der Waals surface area contributed by atoms with Crippen molar-refractivity contribution < 1.29 is 13.5 Å². The molecule has 1 aliphatic carbocycles. The minimum Gasteiger partial charge on any atom is -0.414 e. The lowest BCUT2D eigenvalue weighted by molar-refractivity contribution is -0.0530. The molecule has 0 bridgehead atoms. The van der Waals surface area contributed by atoms with Crippen molar-refractivity contribution in [3.8, 4) is 5.88 Å². The first kappa shape index (κ1) is 12.8. The van der Waals surface area contributed by atoms with E-state index in [9.17, 15) is 8.78 Å². The van der Waals surface area contributed by atoms with Crippen LogP contribution < -0.4 is 9.64 Å². The highest BCUT2D eigenvalue weighted by atomic mass is 35.5. The molecule has 1 aromatic rings. The van der Waals surface area contributed by atoms with E-state index in [0.29, 0.717) is 11.2 Å². The maximum atomic E-state index is 12.1. The average molecular weight is 290 g/mol. The fourth-order valence-electron chi connectivity index (χ4n) is 2.55. The first-order chi connectivity index (χ1) is 9.08. The van der Waals surface area contributed by atoms with Crippen LogP contribution in [0.5, 0.6) is 5.88 Å². The fraction of sp³-hybridized carbons (Fsp3) is 0.667. The third-order valence-electron chi connectivity index (χ3n) is 3.99. The summed E-state index contributed by atoms with van der Waals surface area (Å²) in [5.74, 6) is 0.304. The van der Waals surface area contributed by atoms with Gasteiger partial charge in [-0.25, -0.2) is 9.97 Å². The quantitative estimate of drug-likeness (QED) is 0.857. The lowest BCUT2D eigenvalue weighted by Crippen LogP contribution is -2.35. The third kappa shape index (κ3) is 2.73. The van der Waals surface area contributed by atoms with Crippen LogP contribution in [-0.4, -0.2) is 29.7 Å². The average Bonchev–Trinajstić information content (AvgIpc) is 3.12. The summed E-state index contributed by atoms with van der Waals surface area (Å²) in [5, 5.41) is -0.121. The Morgan fingerprint density at radius 1 is 1.26 bits per heavy atom. The second-order valence-corrected chi connectivity index (χ2v) is 5.55. The van der Waals surface area contributed by atoms with E-state index in [4.69, 9.17) is 11.6 Å². The number of nitrogens with zero attached hydrogens (tertiary/aromatic N) is 3. The van der Waals surface area contributed by atoms with Gasteiger partial charge in [0.2, 0.25) is 0 Å². The van der Waals surface area contributed by atoms with Crippen LogP contribution in [-0.2, 0) is 0 Å². The van der Waals surface area contributed by atoms with Crippen molar-refractivity contribution in [2.75, 3.05) is 18.0 Å². The van der Waals surface area contributed by atoms with Gasteiger partial charge in [0.15, 0.2) is 5.15 Å². The zero-order valence-electron chi connectivity index (χ0n) is 10.3. The highest BCUT2D eigenvalue weighted by Crippen LogP contribution is 2.53. The Kier molecular flexibility index (Phi) is 3.20. The number of ether oxygens (including phenoxy) is 1. The third-order valence-corrected chi connectivity index (χ3v) is 4.24. The van der Waals surface area contributed by atoms with Crippen LogP contribution in [0.2, 0.25) is 5.15 Å². The van der Waals surface area contributed by atoms with Crippen LogP contribution in [0.15, 0.2) is 6.20 Å². The van der Waals surface area contributed by atoms with Gasteiger partial charge in [-0.3, -0.25) is 0 Å². The molecule has 0 unspecified atom stereocenters. The second kappa shape index (κ2) is 4.74. The molecule has 2 aliphatic rings. The summed E-state index contributed by atoms with van der Waals surface area (Å²) in [4.78, 5) is 9.99. The van der Waals surface area contributed by atoms with Crippen LogP contribution >= 0.6 is 11.6 Å². The lowest BCUT2D eigenvalue weighted by Gasteiger charge is -2.32. The van der Waals surface area contributed by atoms with Crippen LogP contribution in [0.4, 0.5) is 14.6 Å². The molecule has 7 heteroatoms. The molecule has 1 spiro atoms. The Balaban J connectivity index is 1.69. The van der Waals surface area contributed by atoms with Crippen molar-refractivity contribution in [2.24, 2.45) is 5.41 Å². The summed E-state index contributed by atoms with van der Waals surface area (Å²) >= 11 is 5.80. The Hall–Kier alpha value is -1.17. The van der Waals surface area contributed by atoms with E-state index < -0.39 is 6.61 Å². The maximum absolute atomic E-state index is 12.1. The van der Waals surface area contributed by atoms with Crippen LogP contribution in [0, 0.1) is 5.41 Å². The van der Waals surface area contributed by atoms with Crippen molar-refractivity contribution in [1.29, 1.82) is 0 Å². The van der Waals surface area contributed by atoms with Crippen molar-refractivity contribution in [3.05, 3.63) is 11.3 Å². The molecule has 0 aromatic carbocycles. The normalized spacial score (nSPS) is 20.9. The molecule has 104 valence electrons. The van der Waals surface area contributed by atoms with E-state index in [1.165, 1.54) is 19.0 Å². The molecule has 0 N–H and O–H groups in total. The number of alkyl halides is 2. The molecule has 0 atom stereocenters. The van der Waals surface area contributed by atoms with E-state index >= 15 is 0 Å². The van der Waals surface area contributed by atoms with E-state index in [-0.39, 0.29) is 11.0 Å². The molecule has 19 heavy (non-hydrogen) atoms. The monoisotopic (exact) mass is 289 g/mol. The molecule has 4 nitrogen and oxygen atoms in total. The summed E-state index contributed by atoms with van der Waals surface area (Å²) in [7, 11) is 0. The minimum atomic E-state index is -2.94. The summed E-state index contributed by atoms with van der Waals surface area (Å²) in [6.45, 7) is -1.11. The lowest BCUT2D eigenvalue weighted by atomic mass is 9.94. The fourth-order valence-corrected chi connectivity index (χ4v) is 2.73. The number of halogens is 3. The number of anilines is 1. The molecule has 1 aliphatic heterocycles. The van der Waals surface area contributed by atoms with Gasteiger partial charge in [-0.05, 0) is 31.1 Å². The van der Waals surface area contributed by atoms with Gasteiger partial charge in [-0.1, -0.05) is 11.6 Å². The Labute approximate surface area is 114 Å². The zero-order chi connectivity index (χ0) is 13.5. The first-order valence-corrected chi connectivity index (χ1v) is 6.68.